The van der Waals surface area contributed by atoms with Crippen LogP contribution < -0.4 is 5.32 Å². The summed E-state index contributed by atoms with van der Waals surface area (Å²) in [6.45, 7) is 0. The van der Waals surface area contributed by atoms with Crippen molar-refractivity contribution < 1.29 is 13.6 Å². The molecule has 0 unspecified atom stereocenters. The van der Waals surface area contributed by atoms with Crippen molar-refractivity contribution >= 4 is 50.5 Å². The molecule has 0 atom stereocenters. The minimum atomic E-state index is -0.916. The third-order valence-electron chi connectivity index (χ3n) is 2.07. The predicted octanol–water partition coefficient (Wildman–Crippen LogP) is 4.69. The fraction of sp³-hybridized carbons (Fsp3) is 0. The highest BCUT2D eigenvalue weighted by Crippen LogP contribution is 2.29. The first-order valence-corrected chi connectivity index (χ1v) is 6.73. The fourth-order valence-electron chi connectivity index (χ4n) is 1.29. The van der Waals surface area contributed by atoms with Gasteiger partial charge in [-0.25, -0.2) is 8.78 Å². The number of benzene rings is 1. The molecule has 2 nitrogen and oxygen atoms in total. The molecule has 2 aromatic rings. The van der Waals surface area contributed by atoms with Gasteiger partial charge >= 0.3 is 0 Å². The molecule has 18 heavy (non-hydrogen) atoms. The van der Waals surface area contributed by atoms with Crippen LogP contribution in [0.4, 0.5) is 14.5 Å². The van der Waals surface area contributed by atoms with Crippen LogP contribution in [0.15, 0.2) is 28.1 Å². The Bertz CT molecular complexity index is 594. The second-order valence-corrected chi connectivity index (χ2v) is 5.47. The number of thiophene rings is 1. The monoisotopic (exact) mass is 351 g/mol. The van der Waals surface area contributed by atoms with Gasteiger partial charge in [-0.15, -0.1) is 11.3 Å². The average molecular weight is 353 g/mol. The number of rotatable bonds is 2. The normalized spacial score (nSPS) is 10.4. The zero-order valence-electron chi connectivity index (χ0n) is 8.64. The van der Waals surface area contributed by atoms with E-state index in [-0.39, 0.29) is 10.7 Å². The molecule has 0 fully saturated rings. The lowest BCUT2D eigenvalue weighted by Crippen LogP contribution is -2.12. The molecule has 1 aromatic heterocycles. The third kappa shape index (κ3) is 2.71. The smallest absolute Gasteiger partial charge is 0.267 e. The van der Waals surface area contributed by atoms with Gasteiger partial charge in [0.25, 0.3) is 5.91 Å². The van der Waals surface area contributed by atoms with Crippen LogP contribution in [0, 0.1) is 11.6 Å². The zero-order chi connectivity index (χ0) is 13.3. The number of anilines is 1. The van der Waals surface area contributed by atoms with E-state index < -0.39 is 17.5 Å². The highest BCUT2D eigenvalue weighted by molar-refractivity contribution is 9.10. The minimum Gasteiger partial charge on any atom is -0.317 e. The maximum absolute atomic E-state index is 13.5. The Morgan fingerprint density at radius 2 is 2.11 bits per heavy atom. The SMILES string of the molecule is O=C(Nc1c(F)cc(F)cc1Cl)c1sccc1Br. The standard InChI is InChI=1S/C11H5BrClF2NOS/c12-6-1-2-18-10(6)11(17)16-9-7(13)3-5(14)4-8(9)15/h1-4H,(H,16,17). The largest absolute Gasteiger partial charge is 0.317 e. The highest BCUT2D eigenvalue weighted by Gasteiger charge is 2.16. The number of hydrogen-bond acceptors (Lipinski definition) is 2. The Morgan fingerprint density at radius 3 is 2.67 bits per heavy atom. The van der Waals surface area contributed by atoms with Crippen molar-refractivity contribution in [1.29, 1.82) is 0 Å². The second kappa shape index (κ2) is 5.34. The Kier molecular flexibility index (Phi) is 3.99. The maximum atomic E-state index is 13.5. The van der Waals surface area contributed by atoms with Gasteiger partial charge < -0.3 is 5.32 Å². The van der Waals surface area contributed by atoms with Crippen molar-refractivity contribution in [2.75, 3.05) is 5.32 Å². The summed E-state index contributed by atoms with van der Waals surface area (Å²) in [4.78, 5) is 12.2. The summed E-state index contributed by atoms with van der Waals surface area (Å²) in [5.41, 5.74) is -0.233. The van der Waals surface area contributed by atoms with Crippen LogP contribution in [0.2, 0.25) is 5.02 Å². The number of carbonyl (C=O) groups is 1. The quantitative estimate of drug-likeness (QED) is 0.834. The summed E-state index contributed by atoms with van der Waals surface area (Å²) in [7, 11) is 0. The van der Waals surface area contributed by atoms with E-state index in [1.807, 2.05) is 0 Å². The van der Waals surface area contributed by atoms with Gasteiger partial charge in [-0.1, -0.05) is 11.6 Å². The van der Waals surface area contributed by atoms with Crippen LogP contribution in [0.1, 0.15) is 9.67 Å². The van der Waals surface area contributed by atoms with Crippen molar-refractivity contribution in [2.45, 2.75) is 0 Å². The first kappa shape index (κ1) is 13.5. The molecule has 1 heterocycles. The summed E-state index contributed by atoms with van der Waals surface area (Å²) in [5.74, 6) is -2.22. The van der Waals surface area contributed by atoms with Gasteiger partial charge in [0.1, 0.15) is 10.7 Å². The molecule has 0 saturated carbocycles. The van der Waals surface area contributed by atoms with Gasteiger partial charge in [-0.2, -0.15) is 0 Å². The van der Waals surface area contributed by atoms with Gasteiger partial charge in [0.05, 0.1) is 10.7 Å². The van der Waals surface area contributed by atoms with Gasteiger partial charge in [0.15, 0.2) is 5.82 Å². The Balaban J connectivity index is 2.31. The van der Waals surface area contributed by atoms with Crippen molar-refractivity contribution in [3.05, 3.63) is 49.6 Å². The Hall–Kier alpha value is -0.980. The first-order valence-electron chi connectivity index (χ1n) is 4.68. The van der Waals surface area contributed by atoms with Crippen LogP contribution in [-0.4, -0.2) is 5.91 Å². The molecule has 0 aliphatic carbocycles. The summed E-state index contributed by atoms with van der Waals surface area (Å²) >= 11 is 10.1. The summed E-state index contributed by atoms with van der Waals surface area (Å²) < 4.78 is 26.9. The van der Waals surface area contributed by atoms with Crippen molar-refractivity contribution in [2.24, 2.45) is 0 Å². The number of nitrogens with one attached hydrogen (secondary N) is 1. The van der Waals surface area contributed by atoms with E-state index in [9.17, 15) is 13.6 Å². The second-order valence-electron chi connectivity index (χ2n) is 3.30. The first-order chi connectivity index (χ1) is 8.49. The summed E-state index contributed by atoms with van der Waals surface area (Å²) in [6, 6.07) is 3.29. The third-order valence-corrected chi connectivity index (χ3v) is 4.20. The lowest BCUT2D eigenvalue weighted by atomic mass is 10.3. The maximum Gasteiger partial charge on any atom is 0.267 e. The van der Waals surface area contributed by atoms with Crippen molar-refractivity contribution in [3.63, 3.8) is 0 Å². The average Bonchev–Trinajstić information content (AvgIpc) is 2.69. The molecule has 7 heteroatoms. The van der Waals surface area contributed by atoms with Gasteiger partial charge in [0.2, 0.25) is 0 Å². The molecule has 0 saturated heterocycles. The van der Waals surface area contributed by atoms with Crippen LogP contribution >= 0.6 is 38.9 Å². The number of halogens is 4. The molecule has 0 bridgehead atoms. The summed E-state index contributed by atoms with van der Waals surface area (Å²) in [6.07, 6.45) is 0. The van der Waals surface area contributed by atoms with Crippen molar-refractivity contribution in [3.8, 4) is 0 Å². The molecular weight excluding hydrogens is 348 g/mol. The Labute approximate surface area is 119 Å². The molecule has 0 spiro atoms. The molecule has 94 valence electrons. The molecule has 1 aromatic carbocycles. The zero-order valence-corrected chi connectivity index (χ0v) is 11.8. The van der Waals surface area contributed by atoms with E-state index in [4.69, 9.17) is 11.6 Å². The molecular formula is C11H5BrClF2NOS. The Morgan fingerprint density at radius 1 is 1.39 bits per heavy atom. The molecule has 0 aliphatic rings. The van der Waals surface area contributed by atoms with Crippen LogP contribution in [0.5, 0.6) is 0 Å². The van der Waals surface area contributed by atoms with E-state index in [0.29, 0.717) is 15.4 Å². The van der Waals surface area contributed by atoms with Crippen molar-refractivity contribution in [1.82, 2.24) is 0 Å². The van der Waals surface area contributed by atoms with Crippen LogP contribution in [0.25, 0.3) is 0 Å². The predicted molar refractivity (Wildman–Crippen MR) is 71.3 cm³/mol. The van der Waals surface area contributed by atoms with E-state index >= 15 is 0 Å². The number of amides is 1. The van der Waals surface area contributed by atoms with Gasteiger partial charge in [0, 0.05) is 10.5 Å². The molecule has 2 rings (SSSR count). The molecule has 0 aliphatic heterocycles. The fourth-order valence-corrected chi connectivity index (χ4v) is 2.98. The molecule has 1 amide bonds. The van der Waals surface area contributed by atoms with Crippen LogP contribution in [-0.2, 0) is 0 Å². The molecule has 1 N–H and O–H groups in total. The topological polar surface area (TPSA) is 29.1 Å². The van der Waals surface area contributed by atoms with E-state index in [2.05, 4.69) is 21.2 Å². The summed E-state index contributed by atoms with van der Waals surface area (Å²) in [5, 5.41) is 3.84. The minimum absolute atomic E-state index is 0.187. The lowest BCUT2D eigenvalue weighted by Gasteiger charge is -2.07. The van der Waals surface area contributed by atoms with E-state index in [1.165, 1.54) is 11.3 Å². The van der Waals surface area contributed by atoms with Gasteiger partial charge in [-0.3, -0.25) is 4.79 Å². The lowest BCUT2D eigenvalue weighted by molar-refractivity contribution is 0.102. The number of hydrogen-bond donors (Lipinski definition) is 1. The van der Waals surface area contributed by atoms with E-state index in [0.717, 1.165) is 6.07 Å². The molecule has 0 radical (unpaired) electrons. The van der Waals surface area contributed by atoms with E-state index in [1.54, 1.807) is 11.4 Å². The number of carbonyl (C=O) groups excluding carboxylic acids is 1. The highest BCUT2D eigenvalue weighted by atomic mass is 79.9. The van der Waals surface area contributed by atoms with Gasteiger partial charge in [-0.05, 0) is 33.4 Å². The van der Waals surface area contributed by atoms with Crippen LogP contribution in [0.3, 0.4) is 0 Å².